The van der Waals surface area contributed by atoms with Crippen LogP contribution >= 0.6 is 11.3 Å². The van der Waals surface area contributed by atoms with Crippen molar-refractivity contribution in [2.45, 2.75) is 19.4 Å². The van der Waals surface area contributed by atoms with Crippen molar-refractivity contribution in [2.24, 2.45) is 0 Å². The lowest BCUT2D eigenvalue weighted by molar-refractivity contribution is 0.0699. The van der Waals surface area contributed by atoms with Crippen molar-refractivity contribution in [2.75, 3.05) is 6.61 Å². The number of hydrogen-bond donors (Lipinski definition) is 1. The highest BCUT2D eigenvalue weighted by molar-refractivity contribution is 7.10. The number of fused-ring (bicyclic) bond motifs is 1. The average molecular weight is 220 g/mol. The molecule has 1 aliphatic rings. The van der Waals surface area contributed by atoms with E-state index in [1.807, 2.05) is 6.92 Å². The Hall–Kier alpha value is -1.13. The SMILES string of the molecule is Cc1nc[nH]c1C1OCCc2ccsc21. The minimum Gasteiger partial charge on any atom is -0.366 e. The summed E-state index contributed by atoms with van der Waals surface area (Å²) in [5, 5.41) is 2.14. The highest BCUT2D eigenvalue weighted by Gasteiger charge is 2.26. The van der Waals surface area contributed by atoms with Gasteiger partial charge in [0.1, 0.15) is 6.10 Å². The van der Waals surface area contributed by atoms with E-state index in [2.05, 4.69) is 21.4 Å². The van der Waals surface area contributed by atoms with Crippen LogP contribution in [-0.2, 0) is 11.2 Å². The van der Waals surface area contributed by atoms with E-state index in [1.54, 1.807) is 17.7 Å². The van der Waals surface area contributed by atoms with Gasteiger partial charge in [-0.05, 0) is 30.4 Å². The summed E-state index contributed by atoms with van der Waals surface area (Å²) in [6.45, 7) is 2.81. The predicted octanol–water partition coefficient (Wildman–Crippen LogP) is 2.44. The summed E-state index contributed by atoms with van der Waals surface area (Å²) in [7, 11) is 0. The summed E-state index contributed by atoms with van der Waals surface area (Å²) in [4.78, 5) is 8.72. The van der Waals surface area contributed by atoms with Gasteiger partial charge < -0.3 is 9.72 Å². The maximum Gasteiger partial charge on any atom is 0.133 e. The first-order valence-electron chi connectivity index (χ1n) is 5.04. The fraction of sp³-hybridized carbons (Fsp3) is 0.364. The Balaban J connectivity index is 2.07. The van der Waals surface area contributed by atoms with Gasteiger partial charge in [-0.3, -0.25) is 0 Å². The van der Waals surface area contributed by atoms with Crippen LogP contribution in [0.5, 0.6) is 0 Å². The Morgan fingerprint density at radius 3 is 3.33 bits per heavy atom. The van der Waals surface area contributed by atoms with Crippen molar-refractivity contribution in [3.8, 4) is 0 Å². The second-order valence-corrected chi connectivity index (χ2v) is 4.66. The first-order chi connectivity index (χ1) is 7.36. The third-order valence-electron chi connectivity index (χ3n) is 2.81. The summed E-state index contributed by atoms with van der Waals surface area (Å²) < 4.78 is 5.83. The third-order valence-corrected chi connectivity index (χ3v) is 3.81. The van der Waals surface area contributed by atoms with E-state index in [0.29, 0.717) is 0 Å². The molecule has 0 saturated heterocycles. The van der Waals surface area contributed by atoms with Gasteiger partial charge in [-0.15, -0.1) is 11.3 Å². The second-order valence-electron chi connectivity index (χ2n) is 3.71. The van der Waals surface area contributed by atoms with Gasteiger partial charge in [0.2, 0.25) is 0 Å². The van der Waals surface area contributed by atoms with E-state index in [-0.39, 0.29) is 6.10 Å². The molecule has 78 valence electrons. The number of H-pyrrole nitrogens is 1. The quantitative estimate of drug-likeness (QED) is 0.801. The van der Waals surface area contributed by atoms with Crippen molar-refractivity contribution >= 4 is 11.3 Å². The minimum absolute atomic E-state index is 0.0660. The molecule has 1 atom stereocenters. The van der Waals surface area contributed by atoms with Gasteiger partial charge in [-0.2, -0.15) is 0 Å². The molecule has 3 heterocycles. The summed E-state index contributed by atoms with van der Waals surface area (Å²) >= 11 is 1.77. The highest BCUT2D eigenvalue weighted by atomic mass is 32.1. The first kappa shape index (κ1) is 9.12. The zero-order chi connectivity index (χ0) is 10.3. The zero-order valence-corrected chi connectivity index (χ0v) is 9.30. The molecule has 0 saturated carbocycles. The molecule has 1 aliphatic heterocycles. The molecule has 0 amide bonds. The molecule has 4 heteroatoms. The van der Waals surface area contributed by atoms with Gasteiger partial charge in [0, 0.05) is 4.88 Å². The van der Waals surface area contributed by atoms with Crippen LogP contribution < -0.4 is 0 Å². The fourth-order valence-electron chi connectivity index (χ4n) is 2.00. The number of nitrogens with one attached hydrogen (secondary N) is 1. The fourth-order valence-corrected chi connectivity index (χ4v) is 3.01. The van der Waals surface area contributed by atoms with Crippen molar-refractivity contribution in [3.63, 3.8) is 0 Å². The average Bonchev–Trinajstić information content (AvgIpc) is 2.85. The molecule has 0 aliphatic carbocycles. The normalized spacial score (nSPS) is 20.2. The summed E-state index contributed by atoms with van der Waals surface area (Å²) in [5.41, 5.74) is 3.55. The van der Waals surface area contributed by atoms with Crippen molar-refractivity contribution < 1.29 is 4.74 Å². The molecule has 1 unspecified atom stereocenters. The Bertz CT molecular complexity index is 474. The number of aromatic amines is 1. The first-order valence-corrected chi connectivity index (χ1v) is 5.92. The molecule has 2 aromatic rings. The van der Waals surface area contributed by atoms with E-state index >= 15 is 0 Å². The number of rotatable bonds is 1. The molecule has 0 radical (unpaired) electrons. The Morgan fingerprint density at radius 2 is 2.53 bits per heavy atom. The molecule has 3 rings (SSSR count). The zero-order valence-electron chi connectivity index (χ0n) is 8.49. The van der Waals surface area contributed by atoms with Gasteiger partial charge in [0.05, 0.1) is 24.3 Å². The smallest absolute Gasteiger partial charge is 0.133 e. The maximum absolute atomic E-state index is 5.83. The van der Waals surface area contributed by atoms with Crippen molar-refractivity contribution in [1.82, 2.24) is 9.97 Å². The molecule has 1 N–H and O–H groups in total. The Morgan fingerprint density at radius 1 is 1.60 bits per heavy atom. The monoisotopic (exact) mass is 220 g/mol. The van der Waals surface area contributed by atoms with E-state index in [1.165, 1.54) is 10.4 Å². The maximum atomic E-state index is 5.83. The van der Waals surface area contributed by atoms with Crippen LogP contribution in [0.1, 0.15) is 27.9 Å². The number of imidazole rings is 1. The molecule has 0 fully saturated rings. The number of aromatic nitrogens is 2. The van der Waals surface area contributed by atoms with Gasteiger partial charge >= 0.3 is 0 Å². The number of ether oxygens (including phenoxy) is 1. The molecule has 15 heavy (non-hydrogen) atoms. The minimum atomic E-state index is 0.0660. The largest absolute Gasteiger partial charge is 0.366 e. The highest BCUT2D eigenvalue weighted by Crippen LogP contribution is 2.36. The Kier molecular flexibility index (Phi) is 2.11. The number of nitrogens with zero attached hydrogens (tertiary/aromatic N) is 1. The molecule has 0 spiro atoms. The molecule has 2 aromatic heterocycles. The van der Waals surface area contributed by atoms with Crippen LogP contribution in [0.25, 0.3) is 0 Å². The van der Waals surface area contributed by atoms with Crippen LogP contribution in [0.3, 0.4) is 0 Å². The van der Waals surface area contributed by atoms with Crippen LogP contribution in [0.4, 0.5) is 0 Å². The van der Waals surface area contributed by atoms with Gasteiger partial charge in [0.15, 0.2) is 0 Å². The third kappa shape index (κ3) is 1.41. The van der Waals surface area contributed by atoms with Crippen molar-refractivity contribution in [1.29, 1.82) is 0 Å². The van der Waals surface area contributed by atoms with Gasteiger partial charge in [-0.1, -0.05) is 0 Å². The molecule has 0 bridgehead atoms. The lowest BCUT2D eigenvalue weighted by Crippen LogP contribution is -2.16. The number of thiophene rings is 1. The van der Waals surface area contributed by atoms with Gasteiger partial charge in [0.25, 0.3) is 0 Å². The lowest BCUT2D eigenvalue weighted by atomic mass is 10.0. The molecule has 0 aromatic carbocycles. The van der Waals surface area contributed by atoms with E-state index in [9.17, 15) is 0 Å². The predicted molar refractivity (Wildman–Crippen MR) is 59.1 cm³/mol. The van der Waals surface area contributed by atoms with Crippen LogP contribution in [0.15, 0.2) is 17.8 Å². The summed E-state index contributed by atoms with van der Waals surface area (Å²) in [5.74, 6) is 0. The van der Waals surface area contributed by atoms with Crippen LogP contribution in [-0.4, -0.2) is 16.6 Å². The standard InChI is InChI=1S/C11H12N2OS/c1-7-9(13-6-12-7)10-11-8(2-4-14-10)3-5-15-11/h3,5-6,10H,2,4H2,1H3,(H,12,13). The molecular weight excluding hydrogens is 208 g/mol. The van der Waals surface area contributed by atoms with Crippen LogP contribution in [0, 0.1) is 6.92 Å². The number of hydrogen-bond acceptors (Lipinski definition) is 3. The summed E-state index contributed by atoms with van der Waals surface area (Å²) in [6.07, 6.45) is 2.83. The number of aryl methyl sites for hydroxylation is 1. The van der Waals surface area contributed by atoms with Gasteiger partial charge in [-0.25, -0.2) is 4.98 Å². The lowest BCUT2D eigenvalue weighted by Gasteiger charge is -2.22. The topological polar surface area (TPSA) is 37.9 Å². The van der Waals surface area contributed by atoms with E-state index in [0.717, 1.165) is 24.4 Å². The van der Waals surface area contributed by atoms with Crippen molar-refractivity contribution in [3.05, 3.63) is 39.6 Å². The summed E-state index contributed by atoms with van der Waals surface area (Å²) in [6, 6.07) is 2.20. The van der Waals surface area contributed by atoms with E-state index in [4.69, 9.17) is 4.74 Å². The Labute approximate surface area is 92.1 Å². The molecular formula is C11H12N2OS. The second kappa shape index (κ2) is 3.47. The van der Waals surface area contributed by atoms with Crippen LogP contribution in [0.2, 0.25) is 0 Å². The van der Waals surface area contributed by atoms with E-state index < -0.39 is 0 Å². The molecule has 3 nitrogen and oxygen atoms in total.